The summed E-state index contributed by atoms with van der Waals surface area (Å²) < 4.78 is 5.47. The summed E-state index contributed by atoms with van der Waals surface area (Å²) in [6.45, 7) is 2.08. The molecule has 4 rings (SSSR count). The van der Waals surface area contributed by atoms with E-state index in [-0.39, 0.29) is 11.7 Å². The highest BCUT2D eigenvalue weighted by molar-refractivity contribution is 6.05. The summed E-state index contributed by atoms with van der Waals surface area (Å²) in [5.74, 6) is 0. The Bertz CT molecular complexity index is 1080. The van der Waals surface area contributed by atoms with Gasteiger partial charge in [-0.25, -0.2) is 9.59 Å². The summed E-state index contributed by atoms with van der Waals surface area (Å²) in [4.78, 5) is 25.4. The van der Waals surface area contributed by atoms with E-state index < -0.39 is 11.7 Å². The maximum absolute atomic E-state index is 12.7. The quantitative estimate of drug-likeness (QED) is 0.472. The average Bonchev–Trinajstić information content (AvgIpc) is 2.77. The highest BCUT2D eigenvalue weighted by Gasteiger charge is 2.21. The monoisotopic (exact) mass is 405 g/mol. The van der Waals surface area contributed by atoms with E-state index in [1.807, 2.05) is 42.5 Å². The molecule has 3 aromatic rings. The van der Waals surface area contributed by atoms with Crippen LogP contribution < -0.4 is 21.6 Å². The molecule has 1 aliphatic carbocycles. The standard InChI is InChI=1S/C24H27N3O3/c1-2-16-12-14-18(15-13-16)26-24(29)27-22-21(25-17-8-4-3-5-9-17)19-10-6-7-11-20(19)30-23(22)28/h6-7,10-15,17,25H,2-5,8-9H2,1H3,(H2,26,27,29). The number of nitrogens with one attached hydrogen (secondary N) is 3. The van der Waals surface area contributed by atoms with Crippen molar-refractivity contribution >= 4 is 34.1 Å². The Labute approximate surface area is 175 Å². The zero-order valence-electron chi connectivity index (χ0n) is 17.2. The first kappa shape index (κ1) is 20.0. The summed E-state index contributed by atoms with van der Waals surface area (Å²) in [5, 5.41) is 9.81. The largest absolute Gasteiger partial charge is 0.421 e. The number of rotatable bonds is 5. The lowest BCUT2D eigenvalue weighted by molar-refractivity contribution is 0.262. The predicted molar refractivity (Wildman–Crippen MR) is 121 cm³/mol. The van der Waals surface area contributed by atoms with Gasteiger partial charge >= 0.3 is 11.7 Å². The Balaban J connectivity index is 1.62. The van der Waals surface area contributed by atoms with Crippen molar-refractivity contribution in [1.82, 2.24) is 0 Å². The summed E-state index contributed by atoms with van der Waals surface area (Å²) in [6, 6.07) is 14.8. The van der Waals surface area contributed by atoms with E-state index in [1.165, 1.54) is 12.0 Å². The lowest BCUT2D eigenvalue weighted by Gasteiger charge is -2.25. The van der Waals surface area contributed by atoms with Crippen LogP contribution in [0.25, 0.3) is 11.0 Å². The van der Waals surface area contributed by atoms with E-state index in [4.69, 9.17) is 4.42 Å². The van der Waals surface area contributed by atoms with Gasteiger partial charge in [-0.2, -0.15) is 0 Å². The second-order valence-corrected chi connectivity index (χ2v) is 7.74. The third-order valence-electron chi connectivity index (χ3n) is 5.63. The van der Waals surface area contributed by atoms with E-state index in [2.05, 4.69) is 22.9 Å². The van der Waals surface area contributed by atoms with Gasteiger partial charge in [-0.3, -0.25) is 5.32 Å². The second kappa shape index (κ2) is 9.03. The third-order valence-corrected chi connectivity index (χ3v) is 5.63. The molecule has 1 aromatic heterocycles. The summed E-state index contributed by atoms with van der Waals surface area (Å²) >= 11 is 0. The maximum atomic E-state index is 12.7. The van der Waals surface area contributed by atoms with Gasteiger partial charge in [-0.1, -0.05) is 50.5 Å². The Morgan fingerprint density at radius 3 is 2.43 bits per heavy atom. The van der Waals surface area contributed by atoms with Gasteiger partial charge in [0.1, 0.15) is 5.58 Å². The Hall–Kier alpha value is -3.28. The van der Waals surface area contributed by atoms with Gasteiger partial charge in [0, 0.05) is 17.1 Å². The molecule has 0 saturated heterocycles. The van der Waals surface area contributed by atoms with Crippen LogP contribution in [-0.2, 0) is 6.42 Å². The molecule has 2 aromatic carbocycles. The minimum Gasteiger partial charge on any atom is -0.421 e. The molecule has 3 N–H and O–H groups in total. The number of aryl methyl sites for hydroxylation is 1. The molecule has 0 aliphatic heterocycles. The maximum Gasteiger partial charge on any atom is 0.362 e. The number of carbonyl (C=O) groups excluding carboxylic acids is 1. The Kier molecular flexibility index (Phi) is 6.02. The molecule has 0 atom stereocenters. The van der Waals surface area contributed by atoms with Crippen LogP contribution in [0.3, 0.4) is 0 Å². The van der Waals surface area contributed by atoms with Gasteiger partial charge in [0.15, 0.2) is 5.69 Å². The van der Waals surface area contributed by atoms with Crippen LogP contribution in [0.2, 0.25) is 0 Å². The molecular weight excluding hydrogens is 378 g/mol. The van der Waals surface area contributed by atoms with Crippen LogP contribution in [0.4, 0.5) is 21.9 Å². The van der Waals surface area contributed by atoms with Gasteiger partial charge in [0.2, 0.25) is 0 Å². The number of carbonyl (C=O) groups is 1. The Morgan fingerprint density at radius 2 is 1.70 bits per heavy atom. The molecule has 30 heavy (non-hydrogen) atoms. The molecule has 0 spiro atoms. The van der Waals surface area contributed by atoms with Crippen molar-refractivity contribution < 1.29 is 9.21 Å². The molecule has 1 aliphatic rings. The summed E-state index contributed by atoms with van der Waals surface area (Å²) in [5.41, 5.74) is 2.56. The molecular formula is C24H27N3O3. The van der Waals surface area contributed by atoms with Crippen molar-refractivity contribution in [2.45, 2.75) is 51.5 Å². The number of hydrogen-bond donors (Lipinski definition) is 3. The first-order valence-corrected chi connectivity index (χ1v) is 10.6. The van der Waals surface area contributed by atoms with E-state index in [0.29, 0.717) is 17.0 Å². The lowest BCUT2D eigenvalue weighted by atomic mass is 9.95. The van der Waals surface area contributed by atoms with Gasteiger partial charge < -0.3 is 15.1 Å². The fourth-order valence-electron chi connectivity index (χ4n) is 3.96. The van der Waals surface area contributed by atoms with Crippen molar-refractivity contribution in [2.24, 2.45) is 0 Å². The van der Waals surface area contributed by atoms with Crippen LogP contribution in [0.1, 0.15) is 44.6 Å². The van der Waals surface area contributed by atoms with Crippen LogP contribution >= 0.6 is 0 Å². The zero-order valence-corrected chi connectivity index (χ0v) is 17.2. The zero-order chi connectivity index (χ0) is 20.9. The normalized spacial score (nSPS) is 14.4. The smallest absolute Gasteiger partial charge is 0.362 e. The molecule has 156 valence electrons. The van der Waals surface area contributed by atoms with E-state index >= 15 is 0 Å². The molecule has 6 heteroatoms. The number of urea groups is 1. The van der Waals surface area contributed by atoms with Gasteiger partial charge in [-0.05, 0) is 49.1 Å². The van der Waals surface area contributed by atoms with E-state index in [9.17, 15) is 9.59 Å². The first-order valence-electron chi connectivity index (χ1n) is 10.6. The fourth-order valence-corrected chi connectivity index (χ4v) is 3.96. The molecule has 1 saturated carbocycles. The van der Waals surface area contributed by atoms with Gasteiger partial charge in [-0.15, -0.1) is 0 Å². The minimum absolute atomic E-state index is 0.141. The fraction of sp³-hybridized carbons (Fsp3) is 0.333. The number of anilines is 3. The van der Waals surface area contributed by atoms with Crippen molar-refractivity contribution in [3.8, 4) is 0 Å². The van der Waals surface area contributed by atoms with E-state index in [0.717, 1.165) is 37.5 Å². The molecule has 2 amide bonds. The SMILES string of the molecule is CCc1ccc(NC(=O)Nc2c(NC3CCCCC3)c3ccccc3oc2=O)cc1. The van der Waals surface area contributed by atoms with Crippen molar-refractivity contribution in [3.05, 3.63) is 64.5 Å². The number of fused-ring (bicyclic) bond motifs is 1. The highest BCUT2D eigenvalue weighted by Crippen LogP contribution is 2.31. The number of para-hydroxylation sites is 1. The number of benzene rings is 2. The predicted octanol–water partition coefficient (Wildman–Crippen LogP) is 5.74. The number of amides is 2. The van der Waals surface area contributed by atoms with Crippen molar-refractivity contribution in [1.29, 1.82) is 0 Å². The molecule has 0 unspecified atom stereocenters. The molecule has 0 bridgehead atoms. The van der Waals surface area contributed by atoms with E-state index in [1.54, 1.807) is 6.07 Å². The van der Waals surface area contributed by atoms with Crippen LogP contribution in [0, 0.1) is 0 Å². The topological polar surface area (TPSA) is 83.4 Å². The van der Waals surface area contributed by atoms with Crippen LogP contribution in [0.5, 0.6) is 0 Å². The first-order chi connectivity index (χ1) is 14.6. The summed E-state index contributed by atoms with van der Waals surface area (Å²) in [6.07, 6.45) is 6.58. The van der Waals surface area contributed by atoms with Crippen LogP contribution in [0.15, 0.2) is 57.7 Å². The van der Waals surface area contributed by atoms with Crippen molar-refractivity contribution in [3.63, 3.8) is 0 Å². The second-order valence-electron chi connectivity index (χ2n) is 7.74. The lowest BCUT2D eigenvalue weighted by Crippen LogP contribution is -2.27. The summed E-state index contributed by atoms with van der Waals surface area (Å²) in [7, 11) is 0. The number of hydrogen-bond acceptors (Lipinski definition) is 4. The molecule has 0 radical (unpaired) electrons. The molecule has 1 heterocycles. The van der Waals surface area contributed by atoms with Crippen molar-refractivity contribution in [2.75, 3.05) is 16.0 Å². The minimum atomic E-state index is -0.566. The molecule has 1 fully saturated rings. The van der Waals surface area contributed by atoms with Gasteiger partial charge in [0.05, 0.1) is 5.69 Å². The van der Waals surface area contributed by atoms with Gasteiger partial charge in [0.25, 0.3) is 0 Å². The highest BCUT2D eigenvalue weighted by atomic mass is 16.4. The third kappa shape index (κ3) is 4.48. The van der Waals surface area contributed by atoms with Crippen LogP contribution in [-0.4, -0.2) is 12.1 Å². The average molecular weight is 405 g/mol. The molecule has 6 nitrogen and oxygen atoms in total. The Morgan fingerprint density at radius 1 is 0.967 bits per heavy atom.